The van der Waals surface area contributed by atoms with E-state index in [0.717, 1.165) is 38.2 Å². The molecule has 1 heterocycles. The molecule has 4 nitrogen and oxygen atoms in total. The van der Waals surface area contributed by atoms with Gasteiger partial charge in [0, 0.05) is 30.6 Å². The van der Waals surface area contributed by atoms with Gasteiger partial charge in [0.15, 0.2) is 5.78 Å². The zero-order valence-electron chi connectivity index (χ0n) is 14.2. The molecule has 1 aromatic carbocycles. The third kappa shape index (κ3) is 3.20. The molecule has 1 aliphatic heterocycles. The number of carbonyl (C=O) groups is 1. The highest BCUT2D eigenvalue weighted by molar-refractivity contribution is 5.94. The van der Waals surface area contributed by atoms with Crippen LogP contribution in [0.5, 0.6) is 0 Å². The van der Waals surface area contributed by atoms with Crippen molar-refractivity contribution in [2.24, 2.45) is 5.92 Å². The number of hydrogen-bond acceptors (Lipinski definition) is 4. The van der Waals surface area contributed by atoms with Crippen LogP contribution in [-0.2, 0) is 11.2 Å². The van der Waals surface area contributed by atoms with Gasteiger partial charge in [-0.15, -0.1) is 0 Å². The maximum atomic E-state index is 12.1. The molecule has 3 N–H and O–H groups in total. The zero-order chi connectivity index (χ0) is 16.4. The molecule has 0 saturated heterocycles. The summed E-state index contributed by atoms with van der Waals surface area (Å²) in [4.78, 5) is 12.1. The van der Waals surface area contributed by atoms with E-state index in [2.05, 4.69) is 40.2 Å². The summed E-state index contributed by atoms with van der Waals surface area (Å²) in [5, 5.41) is 10.6. The summed E-state index contributed by atoms with van der Waals surface area (Å²) >= 11 is 0. The first-order valence-corrected chi connectivity index (χ1v) is 9.38. The molecule has 0 bridgehead atoms. The quantitative estimate of drug-likeness (QED) is 0.703. The van der Waals surface area contributed by atoms with E-state index in [4.69, 9.17) is 0 Å². The van der Waals surface area contributed by atoms with Gasteiger partial charge < -0.3 is 16.0 Å². The molecule has 0 aromatic heterocycles. The first kappa shape index (κ1) is 15.7. The van der Waals surface area contributed by atoms with Crippen molar-refractivity contribution in [3.05, 3.63) is 47.3 Å². The fraction of sp³-hybridized carbons (Fsp3) is 0.550. The van der Waals surface area contributed by atoms with Gasteiger partial charge in [0.25, 0.3) is 0 Å². The maximum Gasteiger partial charge on any atom is 0.164 e. The molecular weight excluding hydrogens is 298 g/mol. The molecule has 2 aliphatic carbocycles. The summed E-state index contributed by atoms with van der Waals surface area (Å²) < 4.78 is 0. The van der Waals surface area contributed by atoms with Gasteiger partial charge in [-0.3, -0.25) is 4.79 Å². The van der Waals surface area contributed by atoms with Crippen LogP contribution in [0.25, 0.3) is 0 Å². The number of benzene rings is 1. The minimum Gasteiger partial charge on any atom is -0.372 e. The van der Waals surface area contributed by atoms with Gasteiger partial charge in [-0.25, -0.2) is 0 Å². The van der Waals surface area contributed by atoms with Gasteiger partial charge in [-0.1, -0.05) is 30.7 Å². The maximum absolute atomic E-state index is 12.1. The topological polar surface area (TPSA) is 53.2 Å². The van der Waals surface area contributed by atoms with Crippen LogP contribution in [0.4, 0.5) is 0 Å². The number of aryl methyl sites for hydroxylation is 1. The highest BCUT2D eigenvalue weighted by atomic mass is 16.1. The van der Waals surface area contributed by atoms with Crippen LogP contribution in [0.1, 0.15) is 49.3 Å². The normalized spacial score (nSPS) is 28.1. The summed E-state index contributed by atoms with van der Waals surface area (Å²) in [6.07, 6.45) is 8.56. The molecule has 3 aliphatic rings. The van der Waals surface area contributed by atoms with Crippen molar-refractivity contribution in [1.82, 2.24) is 16.0 Å². The Bertz CT molecular complexity index is 640. The number of rotatable bonds is 6. The Balaban J connectivity index is 1.19. The molecule has 128 valence electrons. The van der Waals surface area contributed by atoms with E-state index in [1.54, 1.807) is 6.08 Å². The first-order valence-electron chi connectivity index (χ1n) is 9.38. The standard InChI is InChI=1S/C20H27N3O/c24-19-13-20(23-18-8-3-7-16(18)19)22-12-4-11-21-17-10-9-14-5-1-2-6-15(14)17/h1-2,5-6,13,16-18,21-23H,3-4,7-12H2/t16?,17-,18?/m1/s1. The van der Waals surface area contributed by atoms with Gasteiger partial charge in [-0.05, 0) is 49.8 Å². The van der Waals surface area contributed by atoms with E-state index in [1.807, 2.05) is 0 Å². The largest absolute Gasteiger partial charge is 0.372 e. The molecule has 4 rings (SSSR count). The predicted octanol–water partition coefficient (Wildman–Crippen LogP) is 2.43. The highest BCUT2D eigenvalue weighted by Gasteiger charge is 2.35. The summed E-state index contributed by atoms with van der Waals surface area (Å²) in [6, 6.07) is 9.62. The second kappa shape index (κ2) is 6.98. The van der Waals surface area contributed by atoms with Crippen LogP contribution in [0.3, 0.4) is 0 Å². The molecule has 3 atom stereocenters. The Hall–Kier alpha value is -1.81. The van der Waals surface area contributed by atoms with Crippen molar-refractivity contribution in [3.63, 3.8) is 0 Å². The lowest BCUT2D eigenvalue weighted by atomic mass is 9.95. The molecule has 4 heteroatoms. The van der Waals surface area contributed by atoms with Crippen LogP contribution >= 0.6 is 0 Å². The fourth-order valence-electron chi connectivity index (χ4n) is 4.42. The molecule has 0 radical (unpaired) electrons. The van der Waals surface area contributed by atoms with Gasteiger partial charge >= 0.3 is 0 Å². The van der Waals surface area contributed by atoms with E-state index >= 15 is 0 Å². The van der Waals surface area contributed by atoms with Crippen LogP contribution < -0.4 is 16.0 Å². The predicted molar refractivity (Wildman–Crippen MR) is 95.5 cm³/mol. The van der Waals surface area contributed by atoms with Crippen molar-refractivity contribution in [2.45, 2.75) is 50.6 Å². The number of ketones is 1. The number of fused-ring (bicyclic) bond motifs is 2. The smallest absolute Gasteiger partial charge is 0.164 e. The van der Waals surface area contributed by atoms with E-state index in [9.17, 15) is 4.79 Å². The van der Waals surface area contributed by atoms with Gasteiger partial charge in [0.1, 0.15) is 5.82 Å². The zero-order valence-corrected chi connectivity index (χ0v) is 14.2. The van der Waals surface area contributed by atoms with Gasteiger partial charge in [-0.2, -0.15) is 0 Å². The molecule has 1 saturated carbocycles. The van der Waals surface area contributed by atoms with Crippen LogP contribution in [-0.4, -0.2) is 24.9 Å². The average Bonchev–Trinajstić information content (AvgIpc) is 3.22. The van der Waals surface area contributed by atoms with E-state index < -0.39 is 0 Å². The number of hydrogen-bond donors (Lipinski definition) is 3. The summed E-state index contributed by atoms with van der Waals surface area (Å²) in [6.45, 7) is 1.89. The van der Waals surface area contributed by atoms with Gasteiger partial charge in [0.05, 0.1) is 0 Å². The third-order valence-corrected chi connectivity index (χ3v) is 5.70. The molecule has 1 aromatic rings. The van der Waals surface area contributed by atoms with Crippen LogP contribution in [0.2, 0.25) is 0 Å². The van der Waals surface area contributed by atoms with E-state index in [1.165, 1.54) is 30.4 Å². The SMILES string of the molecule is O=C1C=C(NCCCN[C@@H]2CCc3ccccc32)NC2CCCC12. The summed E-state index contributed by atoms with van der Waals surface area (Å²) in [5.74, 6) is 1.45. The second-order valence-corrected chi connectivity index (χ2v) is 7.27. The van der Waals surface area contributed by atoms with Crippen LogP contribution in [0, 0.1) is 5.92 Å². The van der Waals surface area contributed by atoms with Gasteiger partial charge in [0.2, 0.25) is 0 Å². The monoisotopic (exact) mass is 325 g/mol. The van der Waals surface area contributed by atoms with Crippen LogP contribution in [0.15, 0.2) is 36.2 Å². The lowest BCUT2D eigenvalue weighted by Crippen LogP contribution is -2.44. The Kier molecular flexibility index (Phi) is 4.56. The second-order valence-electron chi connectivity index (χ2n) is 7.27. The molecular formula is C20H27N3O. The Morgan fingerprint density at radius 2 is 2.04 bits per heavy atom. The third-order valence-electron chi connectivity index (χ3n) is 5.70. The Labute approximate surface area is 144 Å². The van der Waals surface area contributed by atoms with E-state index in [0.29, 0.717) is 17.9 Å². The molecule has 2 unspecified atom stereocenters. The lowest BCUT2D eigenvalue weighted by Gasteiger charge is -2.27. The first-order chi connectivity index (χ1) is 11.8. The minimum absolute atomic E-state index is 0.222. The van der Waals surface area contributed by atoms with Crippen molar-refractivity contribution in [2.75, 3.05) is 13.1 Å². The number of allylic oxidation sites excluding steroid dienone is 1. The fourth-order valence-corrected chi connectivity index (χ4v) is 4.42. The number of carbonyl (C=O) groups excluding carboxylic acids is 1. The highest BCUT2D eigenvalue weighted by Crippen LogP contribution is 2.31. The Morgan fingerprint density at radius 3 is 3.00 bits per heavy atom. The molecule has 0 spiro atoms. The Morgan fingerprint density at radius 1 is 1.12 bits per heavy atom. The average molecular weight is 325 g/mol. The van der Waals surface area contributed by atoms with Crippen molar-refractivity contribution in [3.8, 4) is 0 Å². The van der Waals surface area contributed by atoms with Crippen molar-refractivity contribution < 1.29 is 4.79 Å². The minimum atomic E-state index is 0.222. The molecule has 0 amide bonds. The van der Waals surface area contributed by atoms with E-state index in [-0.39, 0.29) is 5.92 Å². The number of nitrogens with one attached hydrogen (secondary N) is 3. The molecule has 24 heavy (non-hydrogen) atoms. The lowest BCUT2D eigenvalue weighted by molar-refractivity contribution is -0.119. The van der Waals surface area contributed by atoms with Crippen molar-refractivity contribution in [1.29, 1.82) is 0 Å². The van der Waals surface area contributed by atoms with Crippen molar-refractivity contribution >= 4 is 5.78 Å². The summed E-state index contributed by atoms with van der Waals surface area (Å²) in [7, 11) is 0. The molecule has 1 fully saturated rings. The summed E-state index contributed by atoms with van der Waals surface area (Å²) in [5.41, 5.74) is 2.97.